The first-order chi connectivity index (χ1) is 5.83. The number of alkyl halides is 1. The summed E-state index contributed by atoms with van der Waals surface area (Å²) in [5, 5.41) is 4.14. The smallest absolute Gasteiger partial charge is 0.123 e. The highest BCUT2D eigenvalue weighted by atomic mass is 79.9. The molecule has 0 saturated carbocycles. The molecule has 0 saturated heterocycles. The maximum atomic E-state index is 12.4. The van der Waals surface area contributed by atoms with Crippen molar-refractivity contribution in [1.82, 2.24) is 5.32 Å². The molecule has 1 aromatic carbocycles. The third-order valence-corrected chi connectivity index (χ3v) is 1.91. The molecule has 0 radical (unpaired) electrons. The molecule has 0 atom stereocenters. The maximum absolute atomic E-state index is 12.4. The quantitative estimate of drug-likeness (QED) is 0.620. The molecule has 0 spiro atoms. The monoisotopic (exact) mass is 231 g/mol. The van der Waals surface area contributed by atoms with E-state index in [1.807, 2.05) is 0 Å². The third kappa shape index (κ3) is 3.32. The lowest BCUT2D eigenvalue weighted by Crippen LogP contribution is -2.15. The number of hydrogen-bond acceptors (Lipinski definition) is 1. The van der Waals surface area contributed by atoms with Crippen LogP contribution in [0, 0.1) is 5.82 Å². The Morgan fingerprint density at radius 1 is 1.25 bits per heavy atom. The van der Waals surface area contributed by atoms with Crippen molar-refractivity contribution >= 4 is 15.9 Å². The zero-order valence-electron chi connectivity index (χ0n) is 6.69. The largest absolute Gasteiger partial charge is 0.312 e. The van der Waals surface area contributed by atoms with Crippen LogP contribution >= 0.6 is 15.9 Å². The van der Waals surface area contributed by atoms with Gasteiger partial charge < -0.3 is 5.32 Å². The van der Waals surface area contributed by atoms with E-state index in [0.29, 0.717) is 0 Å². The van der Waals surface area contributed by atoms with Gasteiger partial charge in [0.2, 0.25) is 0 Å². The van der Waals surface area contributed by atoms with Gasteiger partial charge in [-0.15, -0.1) is 0 Å². The van der Waals surface area contributed by atoms with Gasteiger partial charge in [-0.1, -0.05) is 28.1 Å². The molecule has 1 N–H and O–H groups in total. The van der Waals surface area contributed by atoms with Gasteiger partial charge in [0.05, 0.1) is 0 Å². The summed E-state index contributed by atoms with van der Waals surface area (Å²) in [6.07, 6.45) is 0. The molecule has 0 aromatic heterocycles. The summed E-state index contributed by atoms with van der Waals surface area (Å²) >= 11 is 3.31. The van der Waals surface area contributed by atoms with E-state index < -0.39 is 0 Å². The van der Waals surface area contributed by atoms with Crippen LogP contribution in [0.25, 0.3) is 0 Å². The van der Waals surface area contributed by atoms with Crippen LogP contribution < -0.4 is 5.32 Å². The van der Waals surface area contributed by atoms with Crippen LogP contribution in [0.2, 0.25) is 0 Å². The highest BCUT2D eigenvalue weighted by Crippen LogP contribution is 2.01. The molecule has 0 bridgehead atoms. The summed E-state index contributed by atoms with van der Waals surface area (Å²) in [6, 6.07) is 6.53. The van der Waals surface area contributed by atoms with Crippen molar-refractivity contribution in [2.75, 3.05) is 11.9 Å². The molecule has 1 rings (SSSR count). The summed E-state index contributed by atoms with van der Waals surface area (Å²) in [4.78, 5) is 0. The van der Waals surface area contributed by atoms with Crippen LogP contribution in [0.3, 0.4) is 0 Å². The maximum Gasteiger partial charge on any atom is 0.123 e. The zero-order chi connectivity index (χ0) is 8.81. The first kappa shape index (κ1) is 9.68. The van der Waals surface area contributed by atoms with E-state index in [2.05, 4.69) is 21.2 Å². The Morgan fingerprint density at radius 3 is 2.50 bits per heavy atom. The number of nitrogens with one attached hydrogen (secondary N) is 1. The van der Waals surface area contributed by atoms with Crippen molar-refractivity contribution in [2.45, 2.75) is 6.54 Å². The predicted octanol–water partition coefficient (Wildman–Crippen LogP) is 2.31. The normalized spacial score (nSPS) is 10.2. The summed E-state index contributed by atoms with van der Waals surface area (Å²) in [7, 11) is 0. The number of rotatable bonds is 4. The van der Waals surface area contributed by atoms with Gasteiger partial charge in [-0.2, -0.15) is 0 Å². The molecule has 1 nitrogen and oxygen atoms in total. The summed E-state index contributed by atoms with van der Waals surface area (Å²) in [5.41, 5.74) is 1.11. The predicted molar refractivity (Wildman–Crippen MR) is 51.9 cm³/mol. The van der Waals surface area contributed by atoms with E-state index in [1.54, 1.807) is 12.1 Å². The van der Waals surface area contributed by atoms with Gasteiger partial charge in [-0.05, 0) is 17.7 Å². The Labute approximate surface area is 80.1 Å². The molecule has 66 valence electrons. The molecular weight excluding hydrogens is 221 g/mol. The van der Waals surface area contributed by atoms with Crippen LogP contribution in [0.4, 0.5) is 4.39 Å². The van der Waals surface area contributed by atoms with E-state index in [9.17, 15) is 4.39 Å². The number of benzene rings is 1. The highest BCUT2D eigenvalue weighted by Gasteiger charge is 1.92. The minimum atomic E-state index is -0.181. The van der Waals surface area contributed by atoms with Crippen molar-refractivity contribution in [3.8, 4) is 0 Å². The summed E-state index contributed by atoms with van der Waals surface area (Å²) in [6.45, 7) is 1.73. The Bertz CT molecular complexity index is 222. The standard InChI is InChI=1S/C9H11BrFN/c10-5-6-12-7-8-1-3-9(11)4-2-8/h1-4,12H,5-7H2. The fourth-order valence-corrected chi connectivity index (χ4v) is 1.18. The molecule has 1 aromatic rings. The van der Waals surface area contributed by atoms with Crippen LogP contribution in [-0.4, -0.2) is 11.9 Å². The zero-order valence-corrected chi connectivity index (χ0v) is 8.27. The second kappa shape index (κ2) is 5.27. The Kier molecular flexibility index (Phi) is 4.25. The molecule has 0 aliphatic heterocycles. The van der Waals surface area contributed by atoms with Crippen molar-refractivity contribution in [1.29, 1.82) is 0 Å². The lowest BCUT2D eigenvalue weighted by atomic mass is 10.2. The van der Waals surface area contributed by atoms with Crippen molar-refractivity contribution in [3.63, 3.8) is 0 Å². The molecule has 0 aliphatic rings. The molecule has 0 amide bonds. The van der Waals surface area contributed by atoms with E-state index in [1.165, 1.54) is 12.1 Å². The topological polar surface area (TPSA) is 12.0 Å². The molecule has 0 unspecified atom stereocenters. The van der Waals surface area contributed by atoms with Crippen LogP contribution in [0.1, 0.15) is 5.56 Å². The molecule has 0 fully saturated rings. The van der Waals surface area contributed by atoms with Crippen LogP contribution in [-0.2, 0) is 6.54 Å². The highest BCUT2D eigenvalue weighted by molar-refractivity contribution is 9.09. The van der Waals surface area contributed by atoms with Crippen LogP contribution in [0.15, 0.2) is 24.3 Å². The Morgan fingerprint density at radius 2 is 1.92 bits per heavy atom. The molecule has 12 heavy (non-hydrogen) atoms. The molecular formula is C9H11BrFN. The number of hydrogen-bond donors (Lipinski definition) is 1. The van der Waals surface area contributed by atoms with Gasteiger partial charge in [0.25, 0.3) is 0 Å². The van der Waals surface area contributed by atoms with E-state index in [4.69, 9.17) is 0 Å². The average molecular weight is 232 g/mol. The van der Waals surface area contributed by atoms with Crippen molar-refractivity contribution in [3.05, 3.63) is 35.6 Å². The fraction of sp³-hybridized carbons (Fsp3) is 0.333. The van der Waals surface area contributed by atoms with Crippen LogP contribution in [0.5, 0.6) is 0 Å². The van der Waals surface area contributed by atoms with Gasteiger partial charge in [0.1, 0.15) is 5.82 Å². The van der Waals surface area contributed by atoms with Gasteiger partial charge in [-0.25, -0.2) is 4.39 Å². The van der Waals surface area contributed by atoms with E-state index in [-0.39, 0.29) is 5.82 Å². The first-order valence-corrected chi connectivity index (χ1v) is 4.96. The number of halogens is 2. The molecule has 0 heterocycles. The molecule has 3 heteroatoms. The summed E-state index contributed by atoms with van der Waals surface area (Å²) < 4.78 is 12.4. The Hall–Kier alpha value is -0.410. The van der Waals surface area contributed by atoms with Gasteiger partial charge in [-0.3, -0.25) is 0 Å². The van der Waals surface area contributed by atoms with Crippen molar-refractivity contribution in [2.24, 2.45) is 0 Å². The minimum absolute atomic E-state index is 0.181. The SMILES string of the molecule is Fc1ccc(CNCCBr)cc1. The van der Waals surface area contributed by atoms with E-state index >= 15 is 0 Å². The van der Waals surface area contributed by atoms with Gasteiger partial charge in [0, 0.05) is 18.4 Å². The Balaban J connectivity index is 2.37. The minimum Gasteiger partial charge on any atom is -0.312 e. The first-order valence-electron chi connectivity index (χ1n) is 3.84. The van der Waals surface area contributed by atoms with Crippen molar-refractivity contribution < 1.29 is 4.39 Å². The lowest BCUT2D eigenvalue weighted by molar-refractivity contribution is 0.626. The second-order valence-electron chi connectivity index (χ2n) is 2.49. The average Bonchev–Trinajstić information content (AvgIpc) is 2.09. The second-order valence-corrected chi connectivity index (χ2v) is 3.29. The van der Waals surface area contributed by atoms with Gasteiger partial charge in [0.15, 0.2) is 0 Å². The fourth-order valence-electron chi connectivity index (χ4n) is 0.902. The molecule has 0 aliphatic carbocycles. The lowest BCUT2D eigenvalue weighted by Gasteiger charge is -2.01. The van der Waals surface area contributed by atoms with Gasteiger partial charge >= 0.3 is 0 Å². The third-order valence-electron chi connectivity index (χ3n) is 1.51. The van der Waals surface area contributed by atoms with E-state index in [0.717, 1.165) is 24.0 Å². The summed E-state index contributed by atoms with van der Waals surface area (Å²) in [5.74, 6) is -0.181.